The van der Waals surface area contributed by atoms with Crippen LogP contribution in [0.5, 0.6) is 0 Å². The Balaban J connectivity index is 1.97. The number of fused-ring (bicyclic) bond motifs is 1. The minimum absolute atomic E-state index is 0.0989. The molecule has 104 valence electrons. The molecule has 1 aliphatic heterocycles. The first-order valence-electron chi connectivity index (χ1n) is 7.04. The number of alkyl halides is 1. The predicted molar refractivity (Wildman–Crippen MR) is 82.9 cm³/mol. The van der Waals surface area contributed by atoms with Crippen LogP contribution >= 0.6 is 11.6 Å². The van der Waals surface area contributed by atoms with Crippen LogP contribution in [0.3, 0.4) is 0 Å². The standard InChI is InChI=1S/C17H18ClNO/c1-12(19-11-13(10-18)9-17(19)20)15-8-4-6-14-5-2-3-7-16(14)15/h2-8,12-13H,9-11H2,1H3. The van der Waals surface area contributed by atoms with Crippen molar-refractivity contribution in [3.8, 4) is 0 Å². The lowest BCUT2D eigenvalue weighted by Crippen LogP contribution is -2.28. The van der Waals surface area contributed by atoms with Gasteiger partial charge in [-0.25, -0.2) is 0 Å². The molecule has 1 amide bonds. The number of nitrogens with zero attached hydrogens (tertiary/aromatic N) is 1. The van der Waals surface area contributed by atoms with E-state index in [1.165, 1.54) is 16.3 Å². The van der Waals surface area contributed by atoms with Gasteiger partial charge in [0.1, 0.15) is 0 Å². The predicted octanol–water partition coefficient (Wildman–Crippen LogP) is 3.99. The molecule has 0 N–H and O–H groups in total. The molecule has 0 spiro atoms. The summed E-state index contributed by atoms with van der Waals surface area (Å²) in [6.45, 7) is 2.88. The van der Waals surface area contributed by atoms with Crippen LogP contribution in [0.1, 0.15) is 24.9 Å². The molecule has 2 aromatic carbocycles. The largest absolute Gasteiger partial charge is 0.336 e. The monoisotopic (exact) mass is 287 g/mol. The number of amides is 1. The van der Waals surface area contributed by atoms with Gasteiger partial charge in [-0.2, -0.15) is 0 Å². The molecule has 2 unspecified atom stereocenters. The minimum Gasteiger partial charge on any atom is -0.336 e. The van der Waals surface area contributed by atoms with Crippen molar-refractivity contribution in [2.75, 3.05) is 12.4 Å². The summed E-state index contributed by atoms with van der Waals surface area (Å²) in [6, 6.07) is 14.7. The highest BCUT2D eigenvalue weighted by Crippen LogP contribution is 2.32. The van der Waals surface area contributed by atoms with E-state index in [1.54, 1.807) is 0 Å². The van der Waals surface area contributed by atoms with E-state index < -0.39 is 0 Å². The number of carbonyl (C=O) groups is 1. The van der Waals surface area contributed by atoms with Crippen LogP contribution in [-0.2, 0) is 4.79 Å². The van der Waals surface area contributed by atoms with Crippen molar-refractivity contribution in [1.82, 2.24) is 4.90 Å². The molecule has 3 heteroatoms. The second-order valence-electron chi connectivity index (χ2n) is 5.51. The van der Waals surface area contributed by atoms with E-state index in [4.69, 9.17) is 11.6 Å². The van der Waals surface area contributed by atoms with Crippen LogP contribution in [0.15, 0.2) is 42.5 Å². The van der Waals surface area contributed by atoms with Gasteiger partial charge in [-0.15, -0.1) is 11.6 Å². The summed E-state index contributed by atoms with van der Waals surface area (Å²) in [5, 5.41) is 2.45. The van der Waals surface area contributed by atoms with Gasteiger partial charge in [0.25, 0.3) is 0 Å². The first-order chi connectivity index (χ1) is 9.70. The van der Waals surface area contributed by atoms with Crippen molar-refractivity contribution < 1.29 is 4.79 Å². The zero-order chi connectivity index (χ0) is 14.1. The van der Waals surface area contributed by atoms with Crippen LogP contribution in [0.25, 0.3) is 10.8 Å². The molecule has 0 radical (unpaired) electrons. The lowest BCUT2D eigenvalue weighted by atomic mass is 9.99. The normalized spacial score (nSPS) is 20.6. The van der Waals surface area contributed by atoms with Gasteiger partial charge < -0.3 is 4.90 Å². The Labute approximate surface area is 124 Å². The van der Waals surface area contributed by atoms with Crippen molar-refractivity contribution >= 4 is 28.3 Å². The lowest BCUT2D eigenvalue weighted by Gasteiger charge is -2.26. The second kappa shape index (κ2) is 5.45. The molecule has 0 aromatic heterocycles. The zero-order valence-electron chi connectivity index (χ0n) is 11.6. The van der Waals surface area contributed by atoms with Gasteiger partial charge in [-0.1, -0.05) is 42.5 Å². The van der Waals surface area contributed by atoms with Gasteiger partial charge in [-0.3, -0.25) is 4.79 Å². The number of likely N-dealkylation sites (tertiary alicyclic amines) is 1. The van der Waals surface area contributed by atoms with Gasteiger partial charge in [0.15, 0.2) is 0 Å². The maximum Gasteiger partial charge on any atom is 0.223 e. The Bertz CT molecular complexity index is 634. The smallest absolute Gasteiger partial charge is 0.223 e. The average molecular weight is 288 g/mol. The van der Waals surface area contributed by atoms with Crippen LogP contribution in [0, 0.1) is 5.92 Å². The van der Waals surface area contributed by atoms with Crippen LogP contribution in [0.4, 0.5) is 0 Å². The van der Waals surface area contributed by atoms with E-state index >= 15 is 0 Å². The van der Waals surface area contributed by atoms with Crippen molar-refractivity contribution in [2.24, 2.45) is 5.92 Å². The maximum absolute atomic E-state index is 12.2. The van der Waals surface area contributed by atoms with E-state index in [0.717, 1.165) is 6.54 Å². The first-order valence-corrected chi connectivity index (χ1v) is 7.57. The molecule has 2 nitrogen and oxygen atoms in total. The summed E-state index contributed by atoms with van der Waals surface area (Å²) >= 11 is 5.91. The lowest BCUT2D eigenvalue weighted by molar-refractivity contribution is -0.129. The van der Waals surface area contributed by atoms with Crippen molar-refractivity contribution in [1.29, 1.82) is 0 Å². The van der Waals surface area contributed by atoms with Gasteiger partial charge in [0.2, 0.25) is 5.91 Å². The molecule has 3 rings (SSSR count). The van der Waals surface area contributed by atoms with Gasteiger partial charge in [-0.05, 0) is 29.2 Å². The van der Waals surface area contributed by atoms with Crippen LogP contribution < -0.4 is 0 Å². The summed E-state index contributed by atoms with van der Waals surface area (Å²) in [4.78, 5) is 14.1. The molecule has 0 bridgehead atoms. The Morgan fingerprint density at radius 2 is 2.00 bits per heavy atom. The van der Waals surface area contributed by atoms with Crippen LogP contribution in [0.2, 0.25) is 0 Å². The Hall–Kier alpha value is -1.54. The molecular formula is C17H18ClNO. The van der Waals surface area contributed by atoms with E-state index in [0.29, 0.717) is 18.2 Å². The third-order valence-electron chi connectivity index (χ3n) is 4.20. The quantitative estimate of drug-likeness (QED) is 0.782. The molecule has 20 heavy (non-hydrogen) atoms. The molecular weight excluding hydrogens is 270 g/mol. The number of hydrogen-bond acceptors (Lipinski definition) is 1. The topological polar surface area (TPSA) is 20.3 Å². The van der Waals surface area contributed by atoms with Gasteiger partial charge >= 0.3 is 0 Å². The average Bonchev–Trinajstić information content (AvgIpc) is 2.87. The van der Waals surface area contributed by atoms with E-state index in [2.05, 4.69) is 37.3 Å². The fourth-order valence-corrected chi connectivity index (χ4v) is 3.28. The molecule has 0 saturated carbocycles. The van der Waals surface area contributed by atoms with Crippen molar-refractivity contribution in [3.05, 3.63) is 48.0 Å². The number of rotatable bonds is 3. The SMILES string of the molecule is CC(c1cccc2ccccc12)N1CC(CCl)CC1=O. The molecule has 1 heterocycles. The molecule has 2 aromatic rings. The maximum atomic E-state index is 12.2. The van der Waals surface area contributed by atoms with Crippen molar-refractivity contribution in [3.63, 3.8) is 0 Å². The molecule has 2 atom stereocenters. The molecule has 0 aliphatic carbocycles. The summed E-state index contributed by atoms with van der Waals surface area (Å²) in [7, 11) is 0. The highest BCUT2D eigenvalue weighted by molar-refractivity contribution is 6.18. The van der Waals surface area contributed by atoms with Gasteiger partial charge in [0.05, 0.1) is 6.04 Å². The zero-order valence-corrected chi connectivity index (χ0v) is 12.3. The van der Waals surface area contributed by atoms with E-state index in [9.17, 15) is 4.79 Å². The fourth-order valence-electron chi connectivity index (χ4n) is 3.07. The molecule has 1 aliphatic rings. The number of benzene rings is 2. The fraction of sp³-hybridized carbons (Fsp3) is 0.353. The highest BCUT2D eigenvalue weighted by atomic mass is 35.5. The minimum atomic E-state index is 0.0989. The third kappa shape index (κ3) is 2.29. The van der Waals surface area contributed by atoms with E-state index in [-0.39, 0.29) is 11.9 Å². The Morgan fingerprint density at radius 1 is 1.25 bits per heavy atom. The number of hydrogen-bond donors (Lipinski definition) is 0. The summed E-state index contributed by atoms with van der Waals surface area (Å²) in [5.74, 6) is 1.07. The highest BCUT2D eigenvalue weighted by Gasteiger charge is 2.32. The third-order valence-corrected chi connectivity index (χ3v) is 4.63. The van der Waals surface area contributed by atoms with Crippen LogP contribution in [-0.4, -0.2) is 23.2 Å². The second-order valence-corrected chi connectivity index (χ2v) is 5.82. The Kier molecular flexibility index (Phi) is 3.66. The summed E-state index contributed by atoms with van der Waals surface area (Å²) < 4.78 is 0. The number of halogens is 1. The first kappa shape index (κ1) is 13.4. The van der Waals surface area contributed by atoms with Crippen molar-refractivity contribution in [2.45, 2.75) is 19.4 Å². The summed E-state index contributed by atoms with van der Waals surface area (Å²) in [6.07, 6.45) is 0.582. The Morgan fingerprint density at radius 3 is 2.75 bits per heavy atom. The van der Waals surface area contributed by atoms with E-state index in [1.807, 2.05) is 17.0 Å². The molecule has 1 fully saturated rings. The summed E-state index contributed by atoms with van der Waals surface area (Å²) in [5.41, 5.74) is 1.21. The number of carbonyl (C=O) groups excluding carboxylic acids is 1. The molecule has 1 saturated heterocycles. The van der Waals surface area contributed by atoms with Gasteiger partial charge in [0, 0.05) is 18.8 Å².